The number of carboxylic acids is 1. The van der Waals surface area contributed by atoms with E-state index in [1.165, 1.54) is 4.31 Å². The highest BCUT2D eigenvalue weighted by Gasteiger charge is 2.40. The molecule has 1 saturated heterocycles. The molecule has 1 aliphatic heterocycles. The number of hydrogen-bond acceptors (Lipinski definition) is 3. The van der Waals surface area contributed by atoms with E-state index in [0.29, 0.717) is 17.7 Å². The van der Waals surface area contributed by atoms with Crippen LogP contribution in [0.2, 0.25) is 0 Å². The van der Waals surface area contributed by atoms with Gasteiger partial charge in [-0.25, -0.2) is 8.42 Å². The van der Waals surface area contributed by atoms with Crippen LogP contribution in [0, 0.1) is 19.3 Å². The van der Waals surface area contributed by atoms with Crippen molar-refractivity contribution in [1.82, 2.24) is 4.31 Å². The van der Waals surface area contributed by atoms with Crippen molar-refractivity contribution in [2.24, 2.45) is 5.41 Å². The summed E-state index contributed by atoms with van der Waals surface area (Å²) in [6.07, 6.45) is 0.679. The van der Waals surface area contributed by atoms with E-state index in [4.69, 9.17) is 0 Å². The van der Waals surface area contributed by atoms with Gasteiger partial charge in [-0.05, 0) is 56.9 Å². The fourth-order valence-electron chi connectivity index (χ4n) is 2.66. The van der Waals surface area contributed by atoms with Crippen molar-refractivity contribution in [3.8, 4) is 0 Å². The lowest BCUT2D eigenvalue weighted by Crippen LogP contribution is -2.45. The van der Waals surface area contributed by atoms with Crippen LogP contribution in [0.25, 0.3) is 0 Å². The molecular weight excluding hydrogens is 290 g/mol. The van der Waals surface area contributed by atoms with Gasteiger partial charge in [0.05, 0.1) is 10.3 Å². The molecule has 116 valence electrons. The van der Waals surface area contributed by atoms with Crippen LogP contribution < -0.4 is 0 Å². The van der Waals surface area contributed by atoms with E-state index < -0.39 is 21.4 Å². The molecule has 21 heavy (non-hydrogen) atoms. The fourth-order valence-corrected chi connectivity index (χ4v) is 4.30. The minimum Gasteiger partial charge on any atom is -0.481 e. The molecule has 1 heterocycles. The average Bonchev–Trinajstić information content (AvgIpc) is 2.38. The predicted octanol–water partition coefficient (Wildman–Crippen LogP) is 2.18. The van der Waals surface area contributed by atoms with Crippen molar-refractivity contribution in [3.63, 3.8) is 0 Å². The minimum absolute atomic E-state index is 0.248. The zero-order valence-electron chi connectivity index (χ0n) is 12.6. The molecule has 0 spiro atoms. The molecule has 0 radical (unpaired) electrons. The molecule has 0 atom stereocenters. The van der Waals surface area contributed by atoms with Gasteiger partial charge in [0.1, 0.15) is 0 Å². The minimum atomic E-state index is -3.54. The van der Waals surface area contributed by atoms with Gasteiger partial charge in [-0.1, -0.05) is 6.07 Å². The zero-order valence-corrected chi connectivity index (χ0v) is 13.4. The maximum atomic E-state index is 12.7. The second-order valence-corrected chi connectivity index (χ2v) is 8.03. The first-order chi connectivity index (χ1) is 9.65. The molecule has 1 aromatic carbocycles. The van der Waals surface area contributed by atoms with Crippen molar-refractivity contribution < 1.29 is 18.3 Å². The quantitative estimate of drug-likeness (QED) is 0.928. The second-order valence-electron chi connectivity index (χ2n) is 6.09. The van der Waals surface area contributed by atoms with Crippen molar-refractivity contribution in [2.45, 2.75) is 38.5 Å². The standard InChI is InChI=1S/C15H21NO4S/c1-11-8-12(2)10-13(9-11)21(19,20)16-6-4-15(3,5-7-16)14(17)18/h8-10H,4-7H2,1-3H3,(H,17,18). The van der Waals surface area contributed by atoms with Crippen molar-refractivity contribution in [3.05, 3.63) is 29.3 Å². The first kappa shape index (κ1) is 16.0. The average molecular weight is 311 g/mol. The molecule has 0 unspecified atom stereocenters. The number of benzene rings is 1. The summed E-state index contributed by atoms with van der Waals surface area (Å²) in [4.78, 5) is 11.5. The molecule has 1 aliphatic rings. The largest absolute Gasteiger partial charge is 0.481 e. The van der Waals surface area contributed by atoms with Gasteiger partial charge in [0.15, 0.2) is 0 Å². The van der Waals surface area contributed by atoms with Crippen LogP contribution in [-0.4, -0.2) is 36.9 Å². The molecular formula is C15H21NO4S. The topological polar surface area (TPSA) is 74.7 Å². The van der Waals surface area contributed by atoms with Crippen LogP contribution in [0.4, 0.5) is 0 Å². The van der Waals surface area contributed by atoms with E-state index in [9.17, 15) is 18.3 Å². The summed E-state index contributed by atoms with van der Waals surface area (Å²) in [5, 5.41) is 9.21. The molecule has 1 aromatic rings. The van der Waals surface area contributed by atoms with Gasteiger partial charge in [0, 0.05) is 13.1 Å². The van der Waals surface area contributed by atoms with E-state index in [2.05, 4.69) is 0 Å². The van der Waals surface area contributed by atoms with E-state index in [-0.39, 0.29) is 13.1 Å². The highest BCUT2D eigenvalue weighted by molar-refractivity contribution is 7.89. The molecule has 1 fully saturated rings. The highest BCUT2D eigenvalue weighted by Crippen LogP contribution is 2.33. The van der Waals surface area contributed by atoms with E-state index in [1.54, 1.807) is 19.1 Å². The lowest BCUT2D eigenvalue weighted by molar-refractivity contribution is -0.150. The van der Waals surface area contributed by atoms with Gasteiger partial charge in [0.2, 0.25) is 10.0 Å². The zero-order chi connectivity index (χ0) is 15.8. The molecule has 5 nitrogen and oxygen atoms in total. The third-order valence-electron chi connectivity index (χ3n) is 4.18. The van der Waals surface area contributed by atoms with E-state index in [0.717, 1.165) is 11.1 Å². The second kappa shape index (κ2) is 5.42. The molecule has 2 rings (SSSR count). The van der Waals surface area contributed by atoms with Crippen LogP contribution in [0.3, 0.4) is 0 Å². The Morgan fingerprint density at radius 3 is 2.05 bits per heavy atom. The molecule has 0 aliphatic carbocycles. The SMILES string of the molecule is Cc1cc(C)cc(S(=O)(=O)N2CCC(C)(C(=O)O)CC2)c1. The van der Waals surface area contributed by atoms with Gasteiger partial charge >= 0.3 is 5.97 Å². The van der Waals surface area contributed by atoms with Crippen molar-refractivity contribution in [1.29, 1.82) is 0 Å². The molecule has 6 heteroatoms. The lowest BCUT2D eigenvalue weighted by atomic mass is 9.81. The van der Waals surface area contributed by atoms with Gasteiger partial charge in [-0.2, -0.15) is 4.31 Å². The summed E-state index contributed by atoms with van der Waals surface area (Å²) in [5.74, 6) is -0.856. The Labute approximate surface area is 125 Å². The van der Waals surface area contributed by atoms with Gasteiger partial charge < -0.3 is 5.11 Å². The number of carboxylic acid groups (broad SMARTS) is 1. The third kappa shape index (κ3) is 3.11. The van der Waals surface area contributed by atoms with Crippen LogP contribution in [0.1, 0.15) is 30.9 Å². The van der Waals surface area contributed by atoms with Gasteiger partial charge in [0.25, 0.3) is 0 Å². The summed E-state index contributed by atoms with van der Waals surface area (Å²) in [7, 11) is -3.54. The number of piperidine rings is 1. The number of nitrogens with zero attached hydrogens (tertiary/aromatic N) is 1. The molecule has 0 saturated carbocycles. The van der Waals surface area contributed by atoms with E-state index in [1.807, 2.05) is 19.9 Å². The Kier molecular flexibility index (Phi) is 4.13. The lowest BCUT2D eigenvalue weighted by Gasteiger charge is -2.35. The van der Waals surface area contributed by atoms with Crippen molar-refractivity contribution >= 4 is 16.0 Å². The van der Waals surface area contributed by atoms with Crippen LogP contribution in [0.5, 0.6) is 0 Å². The molecule has 0 aromatic heterocycles. The van der Waals surface area contributed by atoms with Crippen molar-refractivity contribution in [2.75, 3.05) is 13.1 Å². The summed E-state index contributed by atoms with van der Waals surface area (Å²) >= 11 is 0. The van der Waals surface area contributed by atoms with Gasteiger partial charge in [-0.3, -0.25) is 4.79 Å². The van der Waals surface area contributed by atoms with E-state index >= 15 is 0 Å². The maximum absolute atomic E-state index is 12.7. The fraction of sp³-hybridized carbons (Fsp3) is 0.533. The highest BCUT2D eigenvalue weighted by atomic mass is 32.2. The predicted molar refractivity (Wildman–Crippen MR) is 79.7 cm³/mol. The first-order valence-electron chi connectivity index (χ1n) is 6.97. The number of aryl methyl sites for hydroxylation is 2. The first-order valence-corrected chi connectivity index (χ1v) is 8.41. The summed E-state index contributed by atoms with van der Waals surface area (Å²) in [5.41, 5.74) is 0.982. The van der Waals surface area contributed by atoms with Gasteiger partial charge in [-0.15, -0.1) is 0 Å². The van der Waals surface area contributed by atoms with Crippen LogP contribution >= 0.6 is 0 Å². The van der Waals surface area contributed by atoms with Crippen LogP contribution in [-0.2, 0) is 14.8 Å². The smallest absolute Gasteiger partial charge is 0.309 e. The third-order valence-corrected chi connectivity index (χ3v) is 6.05. The number of rotatable bonds is 3. The Morgan fingerprint density at radius 2 is 1.62 bits per heavy atom. The van der Waals surface area contributed by atoms with Crippen LogP contribution in [0.15, 0.2) is 23.1 Å². The normalized spacial score (nSPS) is 19.4. The molecule has 1 N–H and O–H groups in total. The summed E-state index contributed by atoms with van der Waals surface area (Å²) in [6.45, 7) is 5.90. The molecule has 0 bridgehead atoms. The Hall–Kier alpha value is -1.40. The summed E-state index contributed by atoms with van der Waals surface area (Å²) in [6, 6.07) is 5.25. The Bertz CT molecular complexity index is 638. The number of carbonyl (C=O) groups is 1. The number of aliphatic carboxylic acids is 1. The molecule has 0 amide bonds. The number of hydrogen-bond donors (Lipinski definition) is 1. The number of sulfonamides is 1. The maximum Gasteiger partial charge on any atom is 0.309 e. The Balaban J connectivity index is 2.24. The monoisotopic (exact) mass is 311 g/mol. The Morgan fingerprint density at radius 1 is 1.14 bits per heavy atom. The summed E-state index contributed by atoms with van der Waals surface area (Å²) < 4.78 is 26.7.